The fraction of sp³-hybridized carbons (Fsp3) is 0.182. The van der Waals surface area contributed by atoms with Crippen molar-refractivity contribution >= 4 is 23.4 Å². The van der Waals surface area contributed by atoms with Crippen molar-refractivity contribution in [3.8, 4) is 11.3 Å². The third-order valence-electron chi connectivity index (χ3n) is 4.33. The van der Waals surface area contributed by atoms with Crippen molar-refractivity contribution in [2.75, 3.05) is 18.4 Å². The topological polar surface area (TPSA) is 113 Å². The molecule has 8 heteroatoms. The zero-order chi connectivity index (χ0) is 21.3. The molecule has 0 radical (unpaired) electrons. The van der Waals surface area contributed by atoms with E-state index in [-0.39, 0.29) is 24.7 Å². The Morgan fingerprint density at radius 1 is 0.900 bits per heavy atom. The summed E-state index contributed by atoms with van der Waals surface area (Å²) >= 11 is 0. The number of nitrogens with one attached hydrogen (secondary N) is 3. The molecule has 1 heterocycles. The molecule has 0 aliphatic rings. The van der Waals surface area contributed by atoms with Gasteiger partial charge >= 0.3 is 0 Å². The Morgan fingerprint density at radius 3 is 2.37 bits per heavy atom. The van der Waals surface area contributed by atoms with Gasteiger partial charge in [-0.2, -0.15) is 0 Å². The average Bonchev–Trinajstić information content (AvgIpc) is 3.27. The predicted molar refractivity (Wildman–Crippen MR) is 112 cm³/mol. The molecule has 0 bridgehead atoms. The van der Waals surface area contributed by atoms with E-state index in [4.69, 9.17) is 4.52 Å². The molecule has 0 saturated carbocycles. The minimum atomic E-state index is -0.544. The molecule has 3 rings (SSSR count). The van der Waals surface area contributed by atoms with Gasteiger partial charge in [0.1, 0.15) is 0 Å². The van der Waals surface area contributed by atoms with E-state index in [2.05, 4.69) is 21.1 Å². The second kappa shape index (κ2) is 10.0. The van der Waals surface area contributed by atoms with E-state index < -0.39 is 11.8 Å². The number of aromatic nitrogens is 1. The van der Waals surface area contributed by atoms with Crippen LogP contribution in [0.5, 0.6) is 0 Å². The van der Waals surface area contributed by atoms with Crippen LogP contribution in [0.1, 0.15) is 23.0 Å². The van der Waals surface area contributed by atoms with Gasteiger partial charge in [-0.25, -0.2) is 0 Å². The molecule has 1 aromatic heterocycles. The average molecular weight is 406 g/mol. The minimum absolute atomic E-state index is 0.0653. The van der Waals surface area contributed by atoms with E-state index in [9.17, 15) is 14.4 Å². The highest BCUT2D eigenvalue weighted by Crippen LogP contribution is 2.19. The number of aryl methyl sites for hydroxylation is 1. The minimum Gasteiger partial charge on any atom is -0.355 e. The van der Waals surface area contributed by atoms with Crippen molar-refractivity contribution in [3.63, 3.8) is 0 Å². The lowest BCUT2D eigenvalue weighted by molar-refractivity contribution is -0.123. The Hall–Kier alpha value is -3.94. The van der Waals surface area contributed by atoms with E-state index in [0.29, 0.717) is 11.4 Å². The second-order valence-corrected chi connectivity index (χ2v) is 6.46. The van der Waals surface area contributed by atoms with Crippen molar-refractivity contribution in [2.45, 2.75) is 13.3 Å². The highest BCUT2D eigenvalue weighted by atomic mass is 16.5. The van der Waals surface area contributed by atoms with Crippen molar-refractivity contribution < 1.29 is 18.9 Å². The Morgan fingerprint density at radius 2 is 1.60 bits per heavy atom. The number of hydrogen-bond acceptors (Lipinski definition) is 5. The smallest absolute Gasteiger partial charge is 0.273 e. The molecule has 0 spiro atoms. The third-order valence-corrected chi connectivity index (χ3v) is 4.33. The standard InChI is InChI=1S/C22H22N4O4/c1-2-15-8-6-7-11-17(15)25-21(28)14-23-20(27)13-24-22(29)18-12-19(30-26-18)16-9-4-3-5-10-16/h3-12H,2,13-14H2,1H3,(H,23,27)(H,24,29)(H,25,28). The SMILES string of the molecule is CCc1ccccc1NC(=O)CNC(=O)CNC(=O)c1cc(-c2ccccc2)on1. The van der Waals surface area contributed by atoms with Crippen molar-refractivity contribution in [3.05, 3.63) is 71.9 Å². The van der Waals surface area contributed by atoms with Crippen LogP contribution in [0.2, 0.25) is 0 Å². The van der Waals surface area contributed by atoms with Crippen molar-refractivity contribution in [2.24, 2.45) is 0 Å². The summed E-state index contributed by atoms with van der Waals surface area (Å²) in [5.74, 6) is -0.930. The number of para-hydroxylation sites is 1. The molecule has 3 aromatic rings. The van der Waals surface area contributed by atoms with Gasteiger partial charge in [0.25, 0.3) is 5.91 Å². The van der Waals surface area contributed by atoms with Crippen LogP contribution >= 0.6 is 0 Å². The zero-order valence-electron chi connectivity index (χ0n) is 16.5. The molecule has 2 aromatic carbocycles. The lowest BCUT2D eigenvalue weighted by Gasteiger charge is -2.10. The van der Waals surface area contributed by atoms with E-state index in [0.717, 1.165) is 17.5 Å². The number of amides is 3. The molecule has 3 N–H and O–H groups in total. The van der Waals surface area contributed by atoms with Crippen LogP contribution in [0.25, 0.3) is 11.3 Å². The summed E-state index contributed by atoms with van der Waals surface area (Å²) in [5.41, 5.74) is 2.58. The van der Waals surface area contributed by atoms with Gasteiger partial charge in [-0.15, -0.1) is 0 Å². The fourth-order valence-corrected chi connectivity index (χ4v) is 2.76. The number of nitrogens with zero attached hydrogens (tertiary/aromatic N) is 1. The molecule has 30 heavy (non-hydrogen) atoms. The summed E-state index contributed by atoms with van der Waals surface area (Å²) in [7, 11) is 0. The summed E-state index contributed by atoms with van der Waals surface area (Å²) in [5, 5.41) is 11.4. The van der Waals surface area contributed by atoms with Crippen LogP contribution in [0.4, 0.5) is 5.69 Å². The molecule has 3 amide bonds. The number of carbonyl (C=O) groups excluding carboxylic acids is 3. The van der Waals surface area contributed by atoms with Gasteiger partial charge in [-0.1, -0.05) is 60.6 Å². The first kappa shape index (κ1) is 20.8. The first-order chi connectivity index (χ1) is 14.6. The molecule has 0 fully saturated rings. The highest BCUT2D eigenvalue weighted by Gasteiger charge is 2.15. The summed E-state index contributed by atoms with van der Waals surface area (Å²) < 4.78 is 5.17. The molecule has 0 atom stereocenters. The highest BCUT2D eigenvalue weighted by molar-refractivity contribution is 5.97. The van der Waals surface area contributed by atoms with Gasteiger partial charge in [0.05, 0.1) is 13.1 Å². The van der Waals surface area contributed by atoms with Gasteiger partial charge in [0, 0.05) is 17.3 Å². The lowest BCUT2D eigenvalue weighted by atomic mass is 10.1. The normalized spacial score (nSPS) is 10.3. The molecule has 0 aliphatic heterocycles. The first-order valence-corrected chi connectivity index (χ1v) is 9.51. The van der Waals surface area contributed by atoms with E-state index in [1.165, 1.54) is 6.07 Å². The maximum Gasteiger partial charge on any atom is 0.273 e. The lowest BCUT2D eigenvalue weighted by Crippen LogP contribution is -2.40. The van der Waals surface area contributed by atoms with Crippen molar-refractivity contribution in [1.29, 1.82) is 0 Å². The molecule has 0 saturated heterocycles. The van der Waals surface area contributed by atoms with Gasteiger partial charge in [-0.3, -0.25) is 14.4 Å². The summed E-state index contributed by atoms with van der Waals surface area (Å²) in [6.07, 6.45) is 0.781. The van der Waals surface area contributed by atoms with Crippen LogP contribution in [0.15, 0.2) is 65.2 Å². The fourth-order valence-electron chi connectivity index (χ4n) is 2.76. The molecule has 8 nitrogen and oxygen atoms in total. The number of hydrogen-bond donors (Lipinski definition) is 3. The van der Waals surface area contributed by atoms with Crippen LogP contribution in [-0.2, 0) is 16.0 Å². The summed E-state index contributed by atoms with van der Waals surface area (Å²) in [4.78, 5) is 36.1. The van der Waals surface area contributed by atoms with Crippen LogP contribution in [0, 0.1) is 0 Å². The maximum atomic E-state index is 12.2. The Balaban J connectivity index is 1.44. The monoisotopic (exact) mass is 406 g/mol. The zero-order valence-corrected chi connectivity index (χ0v) is 16.5. The van der Waals surface area contributed by atoms with E-state index >= 15 is 0 Å². The van der Waals surface area contributed by atoms with Gasteiger partial charge in [-0.05, 0) is 18.1 Å². The first-order valence-electron chi connectivity index (χ1n) is 9.51. The maximum absolute atomic E-state index is 12.2. The quantitative estimate of drug-likeness (QED) is 0.532. The van der Waals surface area contributed by atoms with E-state index in [1.807, 2.05) is 55.5 Å². The van der Waals surface area contributed by atoms with Gasteiger partial charge < -0.3 is 20.5 Å². The summed E-state index contributed by atoms with van der Waals surface area (Å²) in [6, 6.07) is 18.2. The third kappa shape index (κ3) is 5.54. The second-order valence-electron chi connectivity index (χ2n) is 6.46. The van der Waals surface area contributed by atoms with Crippen LogP contribution in [-0.4, -0.2) is 36.0 Å². The molecule has 0 aliphatic carbocycles. The molecular weight excluding hydrogens is 384 g/mol. The van der Waals surface area contributed by atoms with Crippen LogP contribution < -0.4 is 16.0 Å². The summed E-state index contributed by atoms with van der Waals surface area (Å²) in [6.45, 7) is 1.51. The predicted octanol–water partition coefficient (Wildman–Crippen LogP) is 2.39. The van der Waals surface area contributed by atoms with E-state index in [1.54, 1.807) is 6.07 Å². The number of carbonyl (C=O) groups is 3. The number of rotatable bonds is 8. The number of benzene rings is 2. The van der Waals surface area contributed by atoms with Gasteiger partial charge in [0.2, 0.25) is 11.8 Å². The number of anilines is 1. The molecule has 154 valence electrons. The van der Waals surface area contributed by atoms with Gasteiger partial charge in [0.15, 0.2) is 11.5 Å². The largest absolute Gasteiger partial charge is 0.355 e. The molecule has 0 unspecified atom stereocenters. The molecular formula is C22H22N4O4. The Labute approximate surface area is 173 Å². The Bertz CT molecular complexity index is 1030. The van der Waals surface area contributed by atoms with Crippen molar-refractivity contribution in [1.82, 2.24) is 15.8 Å². The van der Waals surface area contributed by atoms with Crippen LogP contribution in [0.3, 0.4) is 0 Å². The Kier molecular flexibility index (Phi) is 6.94.